The molecule has 0 aliphatic heterocycles. The number of carbonyl (C=O) groups is 1. The highest BCUT2D eigenvalue weighted by molar-refractivity contribution is 6.13. The summed E-state index contributed by atoms with van der Waals surface area (Å²) in [6.07, 6.45) is -2.73. The van der Waals surface area contributed by atoms with Crippen LogP contribution in [0.1, 0.15) is 54.9 Å². The number of amides is 1. The van der Waals surface area contributed by atoms with Crippen molar-refractivity contribution in [2.24, 2.45) is 11.0 Å². The van der Waals surface area contributed by atoms with Crippen LogP contribution < -0.4 is 5.43 Å². The third kappa shape index (κ3) is 5.05. The zero-order valence-electron chi connectivity index (χ0n) is 19.8. The lowest BCUT2D eigenvalue weighted by Gasteiger charge is -2.23. The SMILES string of the molecule is C/C(=N\NC(=O)C1CCC(O)CC1)c1c(O)n(-c2cc(C)cc(C)c2)c2cc(C(F)(F)F)ccc12. The van der Waals surface area contributed by atoms with Gasteiger partial charge in [-0.05, 0) is 81.8 Å². The smallest absolute Gasteiger partial charge is 0.416 e. The highest BCUT2D eigenvalue weighted by Crippen LogP contribution is 2.39. The topological polar surface area (TPSA) is 86.8 Å². The zero-order valence-corrected chi connectivity index (χ0v) is 19.8. The van der Waals surface area contributed by atoms with Crippen molar-refractivity contribution in [1.82, 2.24) is 9.99 Å². The summed E-state index contributed by atoms with van der Waals surface area (Å²) in [6, 6.07) is 8.78. The number of benzene rings is 2. The summed E-state index contributed by atoms with van der Waals surface area (Å²) in [5.41, 5.74) is 4.69. The molecule has 1 amide bonds. The van der Waals surface area contributed by atoms with Crippen LogP contribution >= 0.6 is 0 Å². The molecular weight excluding hydrogens is 459 g/mol. The first-order valence-electron chi connectivity index (χ1n) is 11.5. The standard InChI is InChI=1S/C26H28F3N3O3/c1-14-10-15(2)12-19(11-14)32-22-13-18(26(27,28)29)6-9-21(22)23(25(32)35)16(3)30-31-24(34)17-4-7-20(33)8-5-17/h6,9-13,17,20,33,35H,4-5,7-8H2,1-3H3,(H,31,34)/b30-16+. The van der Waals surface area contributed by atoms with E-state index in [1.165, 1.54) is 10.6 Å². The predicted octanol–water partition coefficient (Wildman–Crippen LogP) is 5.36. The number of hydrogen-bond acceptors (Lipinski definition) is 4. The van der Waals surface area contributed by atoms with Gasteiger partial charge in [0.05, 0.1) is 28.5 Å². The third-order valence-electron chi connectivity index (χ3n) is 6.50. The summed E-state index contributed by atoms with van der Waals surface area (Å²) in [7, 11) is 0. The van der Waals surface area contributed by atoms with Crippen molar-refractivity contribution in [2.45, 2.75) is 58.7 Å². The van der Waals surface area contributed by atoms with Gasteiger partial charge in [0.2, 0.25) is 11.8 Å². The maximum atomic E-state index is 13.5. The molecule has 4 rings (SSSR count). The van der Waals surface area contributed by atoms with Crippen molar-refractivity contribution in [3.05, 3.63) is 58.7 Å². The Kier molecular flexibility index (Phi) is 6.64. The van der Waals surface area contributed by atoms with Crippen molar-refractivity contribution >= 4 is 22.5 Å². The van der Waals surface area contributed by atoms with Gasteiger partial charge >= 0.3 is 6.18 Å². The van der Waals surface area contributed by atoms with Gasteiger partial charge in [-0.2, -0.15) is 18.3 Å². The van der Waals surface area contributed by atoms with E-state index in [1.54, 1.807) is 19.1 Å². The second-order valence-corrected chi connectivity index (χ2v) is 9.29. The van der Waals surface area contributed by atoms with Gasteiger partial charge in [0.25, 0.3) is 0 Å². The average Bonchev–Trinajstić information content (AvgIpc) is 3.07. The van der Waals surface area contributed by atoms with Gasteiger partial charge < -0.3 is 10.2 Å². The molecule has 0 spiro atoms. The fourth-order valence-electron chi connectivity index (χ4n) is 4.77. The molecule has 1 fully saturated rings. The number of aliphatic hydroxyl groups is 1. The van der Waals surface area contributed by atoms with Gasteiger partial charge in [-0.25, -0.2) is 5.43 Å². The number of nitrogens with zero attached hydrogens (tertiary/aromatic N) is 2. The summed E-state index contributed by atoms with van der Waals surface area (Å²) in [5.74, 6) is -0.816. The Morgan fingerprint density at radius 3 is 2.29 bits per heavy atom. The van der Waals surface area contributed by atoms with Crippen LogP contribution in [-0.2, 0) is 11.0 Å². The molecule has 2 aromatic carbocycles. The number of aromatic hydroxyl groups is 1. The van der Waals surface area contributed by atoms with E-state index in [4.69, 9.17) is 0 Å². The highest BCUT2D eigenvalue weighted by atomic mass is 19.4. The molecule has 1 saturated carbocycles. The summed E-state index contributed by atoms with van der Waals surface area (Å²) >= 11 is 0. The van der Waals surface area contributed by atoms with Crippen LogP contribution in [0.4, 0.5) is 13.2 Å². The quantitative estimate of drug-likeness (QED) is 0.342. The van der Waals surface area contributed by atoms with Crippen molar-refractivity contribution < 1.29 is 28.2 Å². The number of hydrogen-bond donors (Lipinski definition) is 3. The molecule has 0 unspecified atom stereocenters. The molecule has 1 aliphatic rings. The number of alkyl halides is 3. The molecular formula is C26H28F3N3O3. The highest BCUT2D eigenvalue weighted by Gasteiger charge is 2.32. The lowest BCUT2D eigenvalue weighted by atomic mass is 9.87. The Bertz CT molecular complexity index is 1280. The van der Waals surface area contributed by atoms with Crippen LogP contribution in [0.3, 0.4) is 0 Å². The molecule has 3 N–H and O–H groups in total. The molecule has 1 heterocycles. The molecule has 0 atom stereocenters. The maximum Gasteiger partial charge on any atom is 0.416 e. The first-order chi connectivity index (χ1) is 16.5. The minimum atomic E-state index is -4.55. The Balaban J connectivity index is 1.79. The summed E-state index contributed by atoms with van der Waals surface area (Å²) in [5, 5.41) is 25.4. The van der Waals surface area contributed by atoms with Crippen LogP contribution in [0.2, 0.25) is 0 Å². The Hall–Kier alpha value is -3.33. The number of fused-ring (bicyclic) bond motifs is 1. The van der Waals surface area contributed by atoms with E-state index in [9.17, 15) is 28.2 Å². The van der Waals surface area contributed by atoms with E-state index >= 15 is 0 Å². The summed E-state index contributed by atoms with van der Waals surface area (Å²) in [4.78, 5) is 12.6. The number of halogens is 3. The van der Waals surface area contributed by atoms with Gasteiger partial charge in [0.1, 0.15) is 0 Å². The molecule has 9 heteroatoms. The van der Waals surface area contributed by atoms with E-state index in [-0.39, 0.29) is 40.6 Å². The maximum absolute atomic E-state index is 13.5. The van der Waals surface area contributed by atoms with Crippen molar-refractivity contribution in [2.75, 3.05) is 0 Å². The first-order valence-corrected chi connectivity index (χ1v) is 11.5. The van der Waals surface area contributed by atoms with Crippen LogP contribution in [0.15, 0.2) is 41.5 Å². The van der Waals surface area contributed by atoms with Crippen molar-refractivity contribution in [1.29, 1.82) is 0 Å². The number of aromatic nitrogens is 1. The van der Waals surface area contributed by atoms with Gasteiger partial charge in [0.15, 0.2) is 0 Å². The first kappa shape index (κ1) is 24.8. The molecule has 0 saturated heterocycles. The largest absolute Gasteiger partial charge is 0.494 e. The van der Waals surface area contributed by atoms with Crippen molar-refractivity contribution in [3.8, 4) is 11.6 Å². The second-order valence-electron chi connectivity index (χ2n) is 9.29. The predicted molar refractivity (Wildman–Crippen MR) is 128 cm³/mol. The van der Waals surface area contributed by atoms with E-state index in [0.717, 1.165) is 23.3 Å². The monoisotopic (exact) mass is 487 g/mol. The van der Waals surface area contributed by atoms with Crippen molar-refractivity contribution in [3.63, 3.8) is 0 Å². The molecule has 0 bridgehead atoms. The number of rotatable bonds is 4. The third-order valence-corrected chi connectivity index (χ3v) is 6.50. The summed E-state index contributed by atoms with van der Waals surface area (Å²) in [6.45, 7) is 5.32. The zero-order chi connectivity index (χ0) is 25.5. The minimum absolute atomic E-state index is 0.180. The number of hydrazone groups is 1. The van der Waals surface area contributed by atoms with Crippen LogP contribution in [-0.4, -0.2) is 32.5 Å². The second kappa shape index (κ2) is 9.37. The summed E-state index contributed by atoms with van der Waals surface area (Å²) < 4.78 is 41.9. The minimum Gasteiger partial charge on any atom is -0.494 e. The molecule has 3 aromatic rings. The molecule has 6 nitrogen and oxygen atoms in total. The normalized spacial score (nSPS) is 19.2. The molecule has 1 aromatic heterocycles. The molecule has 0 radical (unpaired) electrons. The Labute approximate surface area is 201 Å². The Morgan fingerprint density at radius 1 is 1.06 bits per heavy atom. The number of carbonyl (C=O) groups excluding carboxylic acids is 1. The van der Waals surface area contributed by atoms with Gasteiger partial charge in [-0.1, -0.05) is 12.1 Å². The molecule has 35 heavy (non-hydrogen) atoms. The fraction of sp³-hybridized carbons (Fsp3) is 0.385. The Morgan fingerprint density at radius 2 is 1.69 bits per heavy atom. The lowest BCUT2D eigenvalue weighted by Crippen LogP contribution is -2.31. The van der Waals surface area contributed by atoms with Crippen LogP contribution in [0.25, 0.3) is 16.6 Å². The van der Waals surface area contributed by atoms with E-state index in [0.29, 0.717) is 36.8 Å². The number of nitrogens with one attached hydrogen (secondary N) is 1. The van der Waals surface area contributed by atoms with E-state index < -0.39 is 11.7 Å². The fourth-order valence-corrected chi connectivity index (χ4v) is 4.77. The number of aliphatic hydroxyl groups excluding tert-OH is 1. The lowest BCUT2D eigenvalue weighted by molar-refractivity contribution is -0.137. The van der Waals surface area contributed by atoms with E-state index in [1.807, 2.05) is 19.9 Å². The van der Waals surface area contributed by atoms with Gasteiger partial charge in [0, 0.05) is 17.0 Å². The van der Waals surface area contributed by atoms with Gasteiger partial charge in [-0.15, -0.1) is 0 Å². The molecule has 1 aliphatic carbocycles. The van der Waals surface area contributed by atoms with Gasteiger partial charge in [-0.3, -0.25) is 9.36 Å². The molecule has 186 valence electrons. The van der Waals surface area contributed by atoms with Crippen LogP contribution in [0, 0.1) is 19.8 Å². The van der Waals surface area contributed by atoms with Crippen LogP contribution in [0.5, 0.6) is 5.88 Å². The van der Waals surface area contributed by atoms with E-state index in [2.05, 4.69) is 10.5 Å². The average molecular weight is 488 g/mol. The number of aryl methyl sites for hydroxylation is 2.